The molecule has 4 heterocycles. The third-order valence-corrected chi connectivity index (χ3v) is 5.29. The van der Waals surface area contributed by atoms with Crippen molar-refractivity contribution in [1.82, 2.24) is 29.9 Å². The number of carbonyl (C=O) groups excluding carboxylic acids is 1. The summed E-state index contributed by atoms with van der Waals surface area (Å²) in [4.78, 5) is 23.7. The normalized spacial score (nSPS) is 16.1. The fraction of sp³-hybridized carbons (Fsp3) is 0.476. The van der Waals surface area contributed by atoms with E-state index in [1.807, 2.05) is 39.2 Å². The molecule has 1 aliphatic heterocycles. The number of fused-ring (bicyclic) bond motifs is 1. The lowest BCUT2D eigenvalue weighted by atomic mass is 9.95. The molecule has 0 spiro atoms. The smallest absolute Gasteiger partial charge is 0.228 e. The Bertz CT molecular complexity index is 1050. The Hall–Kier alpha value is -2.91. The number of aliphatic hydroxyl groups is 1. The standard InChI is InChI=1S/C21H27N7O2/c1-21(2,30)13-28-6-4-14(5-7-28)20(29)24-19-9-15-8-16(10-22-17(15)11-23-19)18-12-27(3)26-25-18/h8-12,14,30H,4-7,13H2,1-3H3,(H,23,24,29). The largest absolute Gasteiger partial charge is 0.389 e. The maximum atomic E-state index is 12.7. The second kappa shape index (κ2) is 8.08. The van der Waals surface area contributed by atoms with Crippen LogP contribution >= 0.6 is 0 Å². The van der Waals surface area contributed by atoms with Crippen molar-refractivity contribution in [3.8, 4) is 11.3 Å². The summed E-state index contributed by atoms with van der Waals surface area (Å²) in [6, 6.07) is 3.81. The van der Waals surface area contributed by atoms with Crippen molar-refractivity contribution in [2.75, 3.05) is 25.0 Å². The number of anilines is 1. The Labute approximate surface area is 175 Å². The molecule has 9 heteroatoms. The highest BCUT2D eigenvalue weighted by atomic mass is 16.3. The molecule has 0 radical (unpaired) electrons. The van der Waals surface area contributed by atoms with Gasteiger partial charge >= 0.3 is 0 Å². The number of hydrogen-bond acceptors (Lipinski definition) is 7. The van der Waals surface area contributed by atoms with Crippen LogP contribution < -0.4 is 5.32 Å². The fourth-order valence-electron chi connectivity index (χ4n) is 3.85. The van der Waals surface area contributed by atoms with Crippen LogP contribution in [0, 0.1) is 5.92 Å². The van der Waals surface area contributed by atoms with Crippen molar-refractivity contribution in [2.45, 2.75) is 32.3 Å². The molecule has 1 amide bonds. The number of piperidine rings is 1. The fourth-order valence-corrected chi connectivity index (χ4v) is 3.85. The predicted octanol–water partition coefficient (Wildman–Crippen LogP) is 1.85. The third kappa shape index (κ3) is 4.80. The van der Waals surface area contributed by atoms with Gasteiger partial charge in [0.1, 0.15) is 11.5 Å². The van der Waals surface area contributed by atoms with Crippen LogP contribution in [0.1, 0.15) is 26.7 Å². The number of hydrogen-bond donors (Lipinski definition) is 2. The first-order valence-corrected chi connectivity index (χ1v) is 10.1. The quantitative estimate of drug-likeness (QED) is 0.662. The Balaban J connectivity index is 1.43. The van der Waals surface area contributed by atoms with Gasteiger partial charge < -0.3 is 15.3 Å². The molecule has 3 aromatic heterocycles. The molecule has 9 nitrogen and oxygen atoms in total. The van der Waals surface area contributed by atoms with Crippen LogP contribution in [-0.4, -0.2) is 66.1 Å². The van der Waals surface area contributed by atoms with Crippen molar-refractivity contribution >= 4 is 22.6 Å². The minimum absolute atomic E-state index is 0.0113. The monoisotopic (exact) mass is 409 g/mol. The molecule has 0 aromatic carbocycles. The highest BCUT2D eigenvalue weighted by molar-refractivity contribution is 5.94. The van der Waals surface area contributed by atoms with Crippen LogP contribution in [0.5, 0.6) is 0 Å². The lowest BCUT2D eigenvalue weighted by Crippen LogP contribution is -2.44. The molecule has 1 saturated heterocycles. The zero-order valence-electron chi connectivity index (χ0n) is 17.5. The van der Waals surface area contributed by atoms with E-state index >= 15 is 0 Å². The Morgan fingerprint density at radius 1 is 1.23 bits per heavy atom. The van der Waals surface area contributed by atoms with Gasteiger partial charge in [0.15, 0.2) is 0 Å². The van der Waals surface area contributed by atoms with E-state index in [9.17, 15) is 9.90 Å². The number of aryl methyl sites for hydroxylation is 1. The van der Waals surface area contributed by atoms with E-state index in [-0.39, 0.29) is 11.8 Å². The lowest BCUT2D eigenvalue weighted by molar-refractivity contribution is -0.121. The maximum absolute atomic E-state index is 12.7. The molecule has 0 unspecified atom stereocenters. The van der Waals surface area contributed by atoms with Crippen molar-refractivity contribution in [3.63, 3.8) is 0 Å². The number of rotatable bonds is 5. The van der Waals surface area contributed by atoms with Gasteiger partial charge in [-0.3, -0.25) is 14.5 Å². The molecular formula is C21H27N7O2. The lowest BCUT2D eigenvalue weighted by Gasteiger charge is -2.34. The van der Waals surface area contributed by atoms with Crippen molar-refractivity contribution in [2.24, 2.45) is 13.0 Å². The van der Waals surface area contributed by atoms with Gasteiger partial charge in [-0.05, 0) is 51.9 Å². The van der Waals surface area contributed by atoms with Crippen molar-refractivity contribution in [3.05, 3.63) is 30.7 Å². The van der Waals surface area contributed by atoms with E-state index in [1.54, 1.807) is 17.1 Å². The highest BCUT2D eigenvalue weighted by Gasteiger charge is 2.27. The molecule has 3 aromatic rings. The minimum atomic E-state index is -0.720. The van der Waals surface area contributed by atoms with Gasteiger partial charge in [0, 0.05) is 36.7 Å². The second-order valence-corrected chi connectivity index (χ2v) is 8.62. The summed E-state index contributed by atoms with van der Waals surface area (Å²) < 4.78 is 1.64. The van der Waals surface area contributed by atoms with Gasteiger partial charge in [0.2, 0.25) is 5.91 Å². The molecule has 0 aliphatic carbocycles. The van der Waals surface area contributed by atoms with Crippen LogP contribution in [0.4, 0.5) is 5.82 Å². The summed E-state index contributed by atoms with van der Waals surface area (Å²) in [5, 5.41) is 21.9. The van der Waals surface area contributed by atoms with Gasteiger partial charge in [0.05, 0.1) is 23.5 Å². The first-order valence-electron chi connectivity index (χ1n) is 10.1. The average Bonchev–Trinajstić information content (AvgIpc) is 3.13. The Morgan fingerprint density at radius 2 is 2.00 bits per heavy atom. The van der Waals surface area contributed by atoms with Crippen LogP contribution in [0.15, 0.2) is 30.7 Å². The first-order chi connectivity index (χ1) is 14.3. The number of β-amino-alcohol motifs (C(OH)–C–C–N with tert-alkyl or cyclic N) is 1. The number of nitrogens with one attached hydrogen (secondary N) is 1. The van der Waals surface area contributed by atoms with Crippen molar-refractivity contribution in [1.29, 1.82) is 0 Å². The summed E-state index contributed by atoms with van der Waals surface area (Å²) in [6.07, 6.45) is 6.78. The highest BCUT2D eigenvalue weighted by Crippen LogP contribution is 2.24. The summed E-state index contributed by atoms with van der Waals surface area (Å²) in [5.41, 5.74) is 1.63. The number of carbonyl (C=O) groups is 1. The Kier molecular flexibility index (Phi) is 5.48. The molecule has 0 atom stereocenters. The summed E-state index contributed by atoms with van der Waals surface area (Å²) in [5.74, 6) is 0.455. The first kappa shape index (κ1) is 20.4. The zero-order chi connectivity index (χ0) is 21.3. The minimum Gasteiger partial charge on any atom is -0.389 e. The predicted molar refractivity (Wildman–Crippen MR) is 114 cm³/mol. The number of amides is 1. The average molecular weight is 409 g/mol. The SMILES string of the molecule is Cn1cc(-c2cnc3cnc(NC(=O)C4CCN(CC(C)(C)O)CC4)cc3c2)nn1. The van der Waals surface area contributed by atoms with E-state index in [0.29, 0.717) is 12.4 Å². The second-order valence-electron chi connectivity index (χ2n) is 8.62. The summed E-state index contributed by atoms with van der Waals surface area (Å²) >= 11 is 0. The maximum Gasteiger partial charge on any atom is 0.228 e. The van der Waals surface area contributed by atoms with Gasteiger partial charge in [-0.15, -0.1) is 5.10 Å². The molecule has 0 saturated carbocycles. The molecule has 4 rings (SSSR count). The summed E-state index contributed by atoms with van der Waals surface area (Å²) in [6.45, 7) is 5.84. The van der Waals surface area contributed by atoms with Crippen LogP contribution in [0.3, 0.4) is 0 Å². The van der Waals surface area contributed by atoms with E-state index in [4.69, 9.17) is 0 Å². The summed E-state index contributed by atoms with van der Waals surface area (Å²) in [7, 11) is 1.82. The van der Waals surface area contributed by atoms with Crippen molar-refractivity contribution < 1.29 is 9.90 Å². The van der Waals surface area contributed by atoms with E-state index in [0.717, 1.165) is 48.1 Å². The van der Waals surface area contributed by atoms with E-state index in [1.165, 1.54) is 0 Å². The van der Waals surface area contributed by atoms with Crippen LogP contribution in [0.25, 0.3) is 22.2 Å². The molecule has 2 N–H and O–H groups in total. The molecule has 158 valence electrons. The third-order valence-electron chi connectivity index (χ3n) is 5.29. The van der Waals surface area contributed by atoms with Crippen LogP contribution in [-0.2, 0) is 11.8 Å². The van der Waals surface area contributed by atoms with Crippen LogP contribution in [0.2, 0.25) is 0 Å². The molecular weight excluding hydrogens is 382 g/mol. The van der Waals surface area contributed by atoms with E-state index in [2.05, 4.69) is 30.5 Å². The Morgan fingerprint density at radius 3 is 2.67 bits per heavy atom. The molecule has 1 fully saturated rings. The van der Waals surface area contributed by atoms with Gasteiger partial charge in [-0.1, -0.05) is 5.21 Å². The van der Waals surface area contributed by atoms with Gasteiger partial charge in [0.25, 0.3) is 0 Å². The number of nitrogens with zero attached hydrogens (tertiary/aromatic N) is 6. The number of pyridine rings is 2. The molecule has 1 aliphatic rings. The van der Waals surface area contributed by atoms with Gasteiger partial charge in [-0.25, -0.2) is 4.98 Å². The van der Waals surface area contributed by atoms with Gasteiger partial charge in [-0.2, -0.15) is 0 Å². The topological polar surface area (TPSA) is 109 Å². The number of likely N-dealkylation sites (tertiary alicyclic amines) is 1. The van der Waals surface area contributed by atoms with E-state index < -0.39 is 5.60 Å². The molecule has 0 bridgehead atoms. The molecule has 30 heavy (non-hydrogen) atoms. The number of aromatic nitrogens is 5. The zero-order valence-corrected chi connectivity index (χ0v) is 17.5.